The molecule has 2 atom stereocenters. The Hall–Kier alpha value is -10.7. The van der Waals surface area contributed by atoms with Crippen molar-refractivity contribution in [3.8, 4) is 0 Å². The Morgan fingerprint density at radius 2 is 1.04 bits per heavy atom. The van der Waals surface area contributed by atoms with E-state index in [1.165, 1.54) is 44.8 Å². The van der Waals surface area contributed by atoms with Gasteiger partial charge in [0.25, 0.3) is 23.0 Å². The van der Waals surface area contributed by atoms with E-state index in [9.17, 15) is 58.1 Å². The third kappa shape index (κ3) is 28.5. The molecule has 0 aliphatic carbocycles. The van der Waals surface area contributed by atoms with Crippen LogP contribution in [-0.4, -0.2) is 195 Å². The number of H-pyrrole nitrogens is 4. The molecule has 15 rings (SSSR count). The first-order valence-electron chi connectivity index (χ1n) is 35.3. The number of Topliss-reactive ketones (excluding diaryl/α,β-unsaturated/α-hetero) is 3. The fourth-order valence-electron chi connectivity index (χ4n) is 10.5. The number of carboxylic acid groups (broad SMARTS) is 2. The van der Waals surface area contributed by atoms with Crippen LogP contribution >= 0.6 is 106 Å². The zero-order valence-corrected chi connectivity index (χ0v) is 72.3. The average molecular weight is 1910 g/mol. The molecule has 2 amide bonds. The number of alkyl halides is 4. The van der Waals surface area contributed by atoms with Crippen LogP contribution in [0.1, 0.15) is 72.4 Å². The van der Waals surface area contributed by atoms with Crippen LogP contribution < -0.4 is 10.6 Å². The van der Waals surface area contributed by atoms with Gasteiger partial charge in [-0.2, -0.15) is 15.3 Å². The van der Waals surface area contributed by atoms with Crippen LogP contribution in [0.4, 0.5) is 5.69 Å². The van der Waals surface area contributed by atoms with Crippen molar-refractivity contribution in [2.75, 3.05) is 63.4 Å². The molecule has 2 fully saturated rings. The van der Waals surface area contributed by atoms with Gasteiger partial charge in [-0.25, -0.2) is 14.4 Å². The number of nitrogens with one attached hydrogen (secondary N) is 6. The summed E-state index contributed by atoms with van der Waals surface area (Å²) in [5.74, 6) is -5.59. The fraction of sp³-hybridized carbons (Fsp3) is 0.237. The van der Waals surface area contributed by atoms with Crippen LogP contribution in [0.15, 0.2) is 164 Å². The fourth-order valence-corrected chi connectivity index (χ4v) is 11.8. The number of methoxy groups -OCH3 is 2. The van der Waals surface area contributed by atoms with Crippen molar-refractivity contribution in [1.82, 2.24) is 55.3 Å². The van der Waals surface area contributed by atoms with E-state index in [0.29, 0.717) is 67.1 Å². The number of nitro groups is 1. The minimum atomic E-state index is -1.44. The Kier molecular flexibility index (Phi) is 39.8. The molecule has 0 saturated carbocycles. The van der Waals surface area contributed by atoms with Gasteiger partial charge in [-0.3, -0.25) is 58.6 Å². The van der Waals surface area contributed by atoms with Crippen LogP contribution in [0.2, 0.25) is 20.1 Å². The van der Waals surface area contributed by atoms with Crippen LogP contribution in [0, 0.1) is 10.1 Å². The average Bonchev–Trinajstić information content (AvgIpc) is 1.64. The lowest BCUT2D eigenvalue weighted by molar-refractivity contribution is -0.385. The van der Waals surface area contributed by atoms with Gasteiger partial charge in [0.2, 0.25) is 11.8 Å². The lowest BCUT2D eigenvalue weighted by Crippen LogP contribution is -2.20. The molecule has 0 bridgehead atoms. The normalized spacial score (nSPS) is 12.3. The van der Waals surface area contributed by atoms with Gasteiger partial charge in [0, 0.05) is 130 Å². The number of aromatic amines is 4. The summed E-state index contributed by atoms with van der Waals surface area (Å²) in [7, 11) is 5.62. The Balaban J connectivity index is 0.000000210. The molecule has 7 aromatic carbocycles. The number of rotatable bonds is 20. The van der Waals surface area contributed by atoms with Crippen LogP contribution in [0.25, 0.3) is 65.4 Å². The summed E-state index contributed by atoms with van der Waals surface area (Å²) in [6, 6.07) is 41.9. The van der Waals surface area contributed by atoms with E-state index in [1.54, 1.807) is 74.9 Å². The minimum absolute atomic E-state index is 0.00694. The lowest BCUT2D eigenvalue weighted by Gasteiger charge is -2.00. The molecule has 622 valence electrons. The molecule has 13 aromatic rings. The zero-order chi connectivity index (χ0) is 86.7. The lowest BCUT2D eigenvalue weighted by atomic mass is 10.1. The maximum absolute atomic E-state index is 11.9. The van der Waals surface area contributed by atoms with E-state index in [2.05, 4.69) is 103 Å². The highest BCUT2D eigenvalue weighted by Crippen LogP contribution is 2.29. The Bertz CT molecular complexity index is 5660. The number of aromatic nitrogens is 9. The summed E-state index contributed by atoms with van der Waals surface area (Å²) < 4.78 is 22.7. The molecule has 2 aliphatic heterocycles. The SMILES string of the molecule is BrCCBr.CC.CNC(=O)Cc1[nH]nc2ccc(Cl)cc12.CNC(=O)Cc1nn(CC2CO2)c2ccc(Cl)cc12.COC(=O)C(=O)c1c[nH]c2ccccc12.COC(=O)C(=O)c1cn(CCBr)c2ccccc12.ClCC1CO1.O=C(O)C(=O)c1c[nH]c2ccccc12.O=C(O)Cc1[nH]nc2ccc(Cl)cc12.O=Cc1cc(Cl)ccc1[N+](=O)[O-]. The van der Waals surface area contributed by atoms with E-state index in [1.807, 2.05) is 95.9 Å². The number of halogens is 8. The summed E-state index contributed by atoms with van der Waals surface area (Å²) in [6.45, 7) is 7.10. The first-order chi connectivity index (χ1) is 56.6. The van der Waals surface area contributed by atoms with Crippen molar-refractivity contribution in [2.24, 2.45) is 0 Å². The molecule has 2 unspecified atom stereocenters. The van der Waals surface area contributed by atoms with E-state index < -0.39 is 46.2 Å². The second kappa shape index (κ2) is 48.9. The number of ketones is 3. The van der Waals surface area contributed by atoms with Gasteiger partial charge in [0.15, 0.2) is 6.29 Å². The summed E-state index contributed by atoms with van der Waals surface area (Å²) >= 11 is 38.3. The van der Waals surface area contributed by atoms with E-state index in [4.69, 9.17) is 77.7 Å². The maximum atomic E-state index is 11.9. The van der Waals surface area contributed by atoms with Crippen LogP contribution in [0.5, 0.6) is 0 Å². The molecular weight excluding hydrogens is 1830 g/mol. The second-order valence-electron chi connectivity index (χ2n) is 24.0. The largest absolute Gasteiger partial charge is 0.481 e. The number of para-hydroxylation sites is 3. The molecule has 0 radical (unpaired) electrons. The number of carboxylic acids is 2. The number of nitro benzene ring substituents is 1. The van der Waals surface area contributed by atoms with Gasteiger partial charge in [0.1, 0.15) is 6.10 Å². The van der Waals surface area contributed by atoms with E-state index in [-0.39, 0.29) is 54.0 Å². The molecule has 0 spiro atoms. The number of ether oxygens (including phenoxy) is 4. The Morgan fingerprint density at radius 3 is 1.50 bits per heavy atom. The highest BCUT2D eigenvalue weighted by molar-refractivity contribution is 9.12. The van der Waals surface area contributed by atoms with Crippen molar-refractivity contribution < 1.29 is 82.0 Å². The second-order valence-corrected chi connectivity index (χ2v) is 28.5. The topological polar surface area (TPSA) is 434 Å². The van der Waals surface area contributed by atoms with Crippen LogP contribution in [0.3, 0.4) is 0 Å². The van der Waals surface area contributed by atoms with Crippen molar-refractivity contribution in [1.29, 1.82) is 0 Å². The first-order valence-corrected chi connectivity index (χ1v) is 40.7. The van der Waals surface area contributed by atoms with Gasteiger partial charge >= 0.3 is 23.9 Å². The maximum Gasteiger partial charge on any atom is 0.379 e. The molecule has 2 aliphatic rings. The van der Waals surface area contributed by atoms with Gasteiger partial charge in [-0.15, -0.1) is 11.6 Å². The number of epoxide rings is 2. The number of aryl methyl sites for hydroxylation is 1. The molecule has 2 saturated heterocycles. The smallest absolute Gasteiger partial charge is 0.379 e. The number of likely N-dealkylation sites (N-methyl/N-ethyl adjacent to an activating group) is 2. The first kappa shape index (κ1) is 96.1. The number of carbonyl (C=O) groups excluding carboxylic acids is 8. The van der Waals surface area contributed by atoms with Gasteiger partial charge in [-0.1, -0.05) is 163 Å². The summed E-state index contributed by atoms with van der Waals surface area (Å²) in [6.07, 6.45) is 6.15. The Morgan fingerprint density at radius 1 is 0.585 bits per heavy atom. The van der Waals surface area contributed by atoms with Crippen molar-refractivity contribution >= 4 is 236 Å². The van der Waals surface area contributed by atoms with Crippen molar-refractivity contribution in [2.45, 2.75) is 58.4 Å². The third-order valence-corrected chi connectivity index (χ3v) is 19.7. The van der Waals surface area contributed by atoms with Gasteiger partial charge in [0.05, 0.1) is 126 Å². The van der Waals surface area contributed by atoms with Gasteiger partial charge in [-0.05, 0) is 84.9 Å². The minimum Gasteiger partial charge on any atom is -0.481 e. The molecule has 8 N–H and O–H groups in total. The summed E-state index contributed by atoms with van der Waals surface area (Å²) in [4.78, 5) is 127. The highest BCUT2D eigenvalue weighted by Gasteiger charge is 2.27. The number of fused-ring (bicyclic) bond motifs is 6. The zero-order valence-electron chi connectivity index (χ0n) is 63.7. The molecule has 8 heterocycles. The summed E-state index contributed by atoms with van der Waals surface area (Å²) in [5.41, 5.74) is 7.86. The Labute approximate surface area is 723 Å². The van der Waals surface area contributed by atoms with E-state index in [0.717, 1.165) is 107 Å². The number of amides is 2. The molecule has 30 nitrogen and oxygen atoms in total. The number of benzene rings is 7. The van der Waals surface area contributed by atoms with Gasteiger partial charge < -0.3 is 54.3 Å². The quantitative estimate of drug-likeness (QED) is 0.00513. The standard InChI is InChI=1S/C13H12BrNO3.C13H14ClN3O2.C11H9NO3.C10H10ClN3O.C10H7NO3.C9H7ClN2O2.C7H4ClNO3.C3H5ClO.C2H4Br2.C2H6/c1-18-13(17)12(16)10-8-15(7-6-14)11-5-3-2-4-9(10)11;1-15-13(18)5-11-10-4-8(14)2-3-12(10)17(16-11)6-9-7-19-9;1-15-11(14)10(13)8-6-12-9-5-3-2-4-7(8)9;1-12-10(15)5-9-7-4-6(11)2-3-8(7)13-14-9;12-9(10(13)14)7-5-11-8-4-2-1-3-6(7)8;10-5-1-2-7-6(3-5)8(12-11-7)4-9(13)14;8-6-1-2-7(9(11)12)5(3-6)4-10;4-1-3-2-5-3;3-1-2-4;1-2/h2-5,8H,6-7H2,1H3;2-4,9H,5-7H2,1H3,(H,15,18);2-6,12H,1H3;2-4H,5H2,1H3,(H,12,15)(H,13,14);1-5,11H,(H,13,14);1-3H,4H2,(H,11,12)(H,13,14);1-4H;3H,1-2H2;1-2H2;1-2H3. The molecular formula is C80H78Br3Cl5N12O18. The predicted molar refractivity (Wildman–Crippen MR) is 463 cm³/mol. The third-order valence-electron chi connectivity index (χ3n) is 16.2. The van der Waals surface area contributed by atoms with Crippen LogP contribution in [-0.2, 0) is 80.1 Å². The highest BCUT2D eigenvalue weighted by atomic mass is 79.9. The number of aldehydes is 1. The number of esters is 2. The number of hydrogen-bond donors (Lipinski definition) is 8. The van der Waals surface area contributed by atoms with E-state index >= 15 is 0 Å². The summed E-state index contributed by atoms with van der Waals surface area (Å²) in [5, 5.41) is 60.5. The number of hydrogen-bond acceptors (Lipinski definition) is 19. The number of aliphatic carboxylic acids is 2. The number of carbonyl (C=O) groups is 10. The number of nitrogens with zero attached hydrogens (tertiary/aromatic N) is 6. The van der Waals surface area contributed by atoms with Crippen molar-refractivity contribution in [3.05, 3.63) is 234 Å². The van der Waals surface area contributed by atoms with Crippen molar-refractivity contribution in [3.63, 3.8) is 0 Å². The monoisotopic (exact) mass is 1910 g/mol. The molecule has 38 heteroatoms. The predicted octanol–water partition coefficient (Wildman–Crippen LogP) is 15.6. The molecule has 118 heavy (non-hydrogen) atoms. The molecule has 6 aromatic heterocycles.